The number of nitrogens with zero attached hydrogens (tertiary/aromatic N) is 4. The summed E-state index contributed by atoms with van der Waals surface area (Å²) >= 11 is 0. The lowest BCUT2D eigenvalue weighted by atomic mass is 9.62. The SMILES string of the molecule is CC(C)n1nc(-c2ccc(CC(=O)Nc3cc(C4CCC4(C)C)on3)cc2)c(C#N)c1NC(=O)OC(C)(C)C. The average molecular weight is 533 g/mol. The van der Waals surface area contributed by atoms with Crippen molar-refractivity contribution >= 4 is 23.6 Å². The van der Waals surface area contributed by atoms with Crippen LogP contribution < -0.4 is 10.6 Å². The number of amides is 2. The maximum atomic E-state index is 12.6. The van der Waals surface area contributed by atoms with E-state index < -0.39 is 11.7 Å². The lowest BCUT2D eigenvalue weighted by molar-refractivity contribution is -0.115. The van der Waals surface area contributed by atoms with Gasteiger partial charge in [0.15, 0.2) is 11.6 Å². The molecule has 1 unspecified atom stereocenters. The molecule has 0 aliphatic heterocycles. The summed E-state index contributed by atoms with van der Waals surface area (Å²) in [5, 5.41) is 24.1. The van der Waals surface area contributed by atoms with Crippen LogP contribution in [-0.4, -0.2) is 32.5 Å². The summed E-state index contributed by atoms with van der Waals surface area (Å²) in [4.78, 5) is 25.1. The molecule has 0 bridgehead atoms. The van der Waals surface area contributed by atoms with Gasteiger partial charge in [0.25, 0.3) is 0 Å². The predicted molar refractivity (Wildman–Crippen MR) is 147 cm³/mol. The molecule has 10 nitrogen and oxygen atoms in total. The number of hydrogen-bond donors (Lipinski definition) is 2. The smallest absolute Gasteiger partial charge is 0.413 e. The molecule has 1 aromatic carbocycles. The first-order valence-electron chi connectivity index (χ1n) is 13.2. The average Bonchev–Trinajstić information content (AvgIpc) is 3.41. The van der Waals surface area contributed by atoms with Crippen LogP contribution in [0.3, 0.4) is 0 Å². The minimum Gasteiger partial charge on any atom is -0.444 e. The van der Waals surface area contributed by atoms with Crippen LogP contribution in [0.5, 0.6) is 0 Å². The molecule has 39 heavy (non-hydrogen) atoms. The van der Waals surface area contributed by atoms with Crippen LogP contribution in [0.2, 0.25) is 0 Å². The molecule has 1 aliphatic carbocycles. The lowest BCUT2D eigenvalue weighted by Gasteiger charge is -2.42. The standard InChI is InChI=1S/C29H36N6O4/c1-17(2)35-26(32-27(37)38-28(3,4)5)20(16-30)25(33-35)19-10-8-18(9-11-19)14-24(36)31-23-15-22(39-34-23)21-12-13-29(21,6)7/h8-11,15,17,21H,12-14H2,1-7H3,(H,32,37)(H,31,34,36). The number of carbonyl (C=O) groups excluding carboxylic acids is 2. The molecule has 2 heterocycles. The highest BCUT2D eigenvalue weighted by Gasteiger charge is 2.41. The molecule has 1 atom stereocenters. The Morgan fingerprint density at radius 3 is 2.46 bits per heavy atom. The first kappa shape index (κ1) is 27.9. The van der Waals surface area contributed by atoms with E-state index in [1.54, 1.807) is 37.6 Å². The van der Waals surface area contributed by atoms with Gasteiger partial charge in [-0.25, -0.2) is 9.48 Å². The molecule has 2 amide bonds. The summed E-state index contributed by atoms with van der Waals surface area (Å²) in [6.45, 7) is 13.5. The van der Waals surface area contributed by atoms with Crippen LogP contribution >= 0.6 is 0 Å². The molecule has 3 aromatic rings. The number of rotatable bonds is 7. The maximum absolute atomic E-state index is 12.6. The van der Waals surface area contributed by atoms with Gasteiger partial charge in [0, 0.05) is 23.6 Å². The molecule has 1 fully saturated rings. The zero-order valence-corrected chi connectivity index (χ0v) is 23.6. The Balaban J connectivity index is 1.47. The van der Waals surface area contributed by atoms with Crippen molar-refractivity contribution in [2.75, 3.05) is 10.6 Å². The van der Waals surface area contributed by atoms with E-state index >= 15 is 0 Å². The Morgan fingerprint density at radius 2 is 1.92 bits per heavy atom. The topological polar surface area (TPSA) is 135 Å². The summed E-state index contributed by atoms with van der Waals surface area (Å²) < 4.78 is 12.4. The molecule has 2 N–H and O–H groups in total. The van der Waals surface area contributed by atoms with Gasteiger partial charge < -0.3 is 14.6 Å². The molecule has 2 aromatic heterocycles. The van der Waals surface area contributed by atoms with Crippen LogP contribution in [0.4, 0.5) is 16.4 Å². The normalized spacial score (nSPS) is 16.3. The monoisotopic (exact) mass is 532 g/mol. The second kappa shape index (κ2) is 10.6. The van der Waals surface area contributed by atoms with Gasteiger partial charge in [0.05, 0.1) is 6.42 Å². The van der Waals surface area contributed by atoms with Crippen molar-refractivity contribution in [2.45, 2.75) is 85.3 Å². The van der Waals surface area contributed by atoms with Gasteiger partial charge in [-0.2, -0.15) is 10.4 Å². The van der Waals surface area contributed by atoms with E-state index in [4.69, 9.17) is 9.26 Å². The maximum Gasteiger partial charge on any atom is 0.413 e. The van der Waals surface area contributed by atoms with E-state index in [0.29, 0.717) is 23.0 Å². The van der Waals surface area contributed by atoms with Crippen molar-refractivity contribution in [3.8, 4) is 17.3 Å². The van der Waals surface area contributed by atoms with Gasteiger partial charge in [0.2, 0.25) is 5.91 Å². The summed E-state index contributed by atoms with van der Waals surface area (Å²) in [7, 11) is 0. The van der Waals surface area contributed by atoms with Crippen LogP contribution in [0.15, 0.2) is 34.9 Å². The highest BCUT2D eigenvalue weighted by molar-refractivity contribution is 5.91. The van der Waals surface area contributed by atoms with Crippen LogP contribution in [-0.2, 0) is 16.0 Å². The molecule has 206 valence electrons. The van der Waals surface area contributed by atoms with Gasteiger partial charge in [-0.15, -0.1) is 0 Å². The molecular formula is C29H36N6O4. The van der Waals surface area contributed by atoms with E-state index in [-0.39, 0.29) is 35.2 Å². The van der Waals surface area contributed by atoms with Crippen molar-refractivity contribution in [1.82, 2.24) is 14.9 Å². The minimum absolute atomic E-state index is 0.119. The van der Waals surface area contributed by atoms with Gasteiger partial charge >= 0.3 is 6.09 Å². The number of nitriles is 1. The molecule has 10 heteroatoms. The third-order valence-corrected chi connectivity index (χ3v) is 6.88. The number of benzene rings is 1. The minimum atomic E-state index is -0.687. The highest BCUT2D eigenvalue weighted by atomic mass is 16.6. The van der Waals surface area contributed by atoms with E-state index in [2.05, 4.69) is 40.8 Å². The molecule has 1 aliphatic rings. The fourth-order valence-electron chi connectivity index (χ4n) is 4.69. The predicted octanol–water partition coefficient (Wildman–Crippen LogP) is 6.42. The van der Waals surface area contributed by atoms with Gasteiger partial charge in [-0.1, -0.05) is 43.3 Å². The Kier molecular flexibility index (Phi) is 7.55. The molecule has 0 saturated heterocycles. The third kappa shape index (κ3) is 6.30. The fraction of sp³-hybridized carbons (Fsp3) is 0.483. The number of hydrogen-bond acceptors (Lipinski definition) is 7. The molecule has 1 saturated carbocycles. The Morgan fingerprint density at radius 1 is 1.23 bits per heavy atom. The number of aromatic nitrogens is 3. The Labute approximate surface area is 228 Å². The third-order valence-electron chi connectivity index (χ3n) is 6.88. The van der Waals surface area contributed by atoms with E-state index in [0.717, 1.165) is 24.2 Å². The van der Waals surface area contributed by atoms with Crippen LogP contribution in [0.1, 0.15) is 90.2 Å². The zero-order chi connectivity index (χ0) is 28.5. The molecular weight excluding hydrogens is 496 g/mol. The van der Waals surface area contributed by atoms with Crippen LogP contribution in [0.25, 0.3) is 11.3 Å². The van der Waals surface area contributed by atoms with Gasteiger partial charge in [-0.05, 0) is 58.4 Å². The van der Waals surface area contributed by atoms with Crippen molar-refractivity contribution in [3.05, 3.63) is 47.2 Å². The van der Waals surface area contributed by atoms with Gasteiger partial charge in [-0.3, -0.25) is 10.1 Å². The molecule has 0 radical (unpaired) electrons. The number of anilines is 2. The fourth-order valence-corrected chi connectivity index (χ4v) is 4.69. The quantitative estimate of drug-likeness (QED) is 0.358. The van der Waals surface area contributed by atoms with E-state index in [9.17, 15) is 14.9 Å². The highest BCUT2D eigenvalue weighted by Crippen LogP contribution is 2.52. The summed E-state index contributed by atoms with van der Waals surface area (Å²) in [5.41, 5.74) is 1.64. The second-order valence-electron chi connectivity index (χ2n) is 12.0. The van der Waals surface area contributed by atoms with Crippen molar-refractivity contribution in [2.24, 2.45) is 5.41 Å². The Bertz CT molecular complexity index is 1400. The molecule has 4 rings (SSSR count). The number of nitrogens with one attached hydrogen (secondary N) is 2. The zero-order valence-electron chi connectivity index (χ0n) is 23.6. The summed E-state index contributed by atoms with van der Waals surface area (Å²) in [5.74, 6) is 1.61. The van der Waals surface area contributed by atoms with E-state index in [1.807, 2.05) is 32.0 Å². The van der Waals surface area contributed by atoms with Crippen molar-refractivity contribution in [1.29, 1.82) is 5.26 Å². The molecule has 0 spiro atoms. The van der Waals surface area contributed by atoms with Gasteiger partial charge in [0.1, 0.15) is 28.7 Å². The lowest BCUT2D eigenvalue weighted by Crippen LogP contribution is -2.32. The summed E-state index contributed by atoms with van der Waals surface area (Å²) in [6, 6.07) is 11.1. The summed E-state index contributed by atoms with van der Waals surface area (Å²) in [6.07, 6.45) is 1.69. The first-order valence-corrected chi connectivity index (χ1v) is 13.2. The van der Waals surface area contributed by atoms with Crippen LogP contribution in [0, 0.1) is 16.7 Å². The second-order valence-corrected chi connectivity index (χ2v) is 12.0. The van der Waals surface area contributed by atoms with E-state index in [1.165, 1.54) is 0 Å². The number of carbonyl (C=O) groups is 2. The largest absolute Gasteiger partial charge is 0.444 e. The Hall–Kier alpha value is -4.13. The first-order chi connectivity index (χ1) is 18.3. The van der Waals surface area contributed by atoms with Crippen molar-refractivity contribution in [3.63, 3.8) is 0 Å². The van der Waals surface area contributed by atoms with Crippen molar-refractivity contribution < 1.29 is 18.8 Å². The number of ether oxygens (including phenoxy) is 1.